The molecule has 1 rings (SSSR count). The summed E-state index contributed by atoms with van der Waals surface area (Å²) < 4.78 is 17.9. The minimum absolute atomic E-state index is 0.0740. The molecule has 1 N–H and O–H groups in total. The third-order valence-corrected chi connectivity index (χ3v) is 1.96. The SMILES string of the molecule is CC(CO)Oc1nc(F)c(Cl)cc1Cl. The van der Waals surface area contributed by atoms with Crippen molar-refractivity contribution < 1.29 is 14.2 Å². The number of rotatable bonds is 3. The standard InChI is InChI=1S/C8H8Cl2FNO2/c1-4(3-13)14-8-6(10)2-5(9)7(11)12-8/h2,4,13H,3H2,1H3. The fourth-order valence-electron chi connectivity index (χ4n) is 0.739. The van der Waals surface area contributed by atoms with Crippen LogP contribution in [-0.4, -0.2) is 22.8 Å². The minimum atomic E-state index is -0.851. The van der Waals surface area contributed by atoms with Gasteiger partial charge in [0.15, 0.2) is 0 Å². The summed E-state index contributed by atoms with van der Waals surface area (Å²) in [5, 5.41) is 8.64. The first kappa shape index (κ1) is 11.5. The molecule has 0 amide bonds. The first-order valence-electron chi connectivity index (χ1n) is 3.83. The molecule has 3 nitrogen and oxygen atoms in total. The Morgan fingerprint density at radius 2 is 2.21 bits per heavy atom. The Kier molecular flexibility index (Phi) is 3.92. The lowest BCUT2D eigenvalue weighted by Gasteiger charge is -2.12. The van der Waals surface area contributed by atoms with Crippen molar-refractivity contribution in [2.45, 2.75) is 13.0 Å². The van der Waals surface area contributed by atoms with Gasteiger partial charge in [0.2, 0.25) is 11.8 Å². The number of hydrogen-bond acceptors (Lipinski definition) is 3. The second-order valence-electron chi connectivity index (χ2n) is 2.66. The molecular formula is C8H8Cl2FNO2. The van der Waals surface area contributed by atoms with Gasteiger partial charge in [0.25, 0.3) is 0 Å². The molecule has 0 aliphatic rings. The number of hydrogen-bond donors (Lipinski definition) is 1. The Morgan fingerprint density at radius 1 is 1.57 bits per heavy atom. The van der Waals surface area contributed by atoms with Crippen LogP contribution in [0.5, 0.6) is 5.88 Å². The molecule has 0 spiro atoms. The van der Waals surface area contributed by atoms with Crippen LogP contribution in [0.1, 0.15) is 6.92 Å². The summed E-state index contributed by atoms with van der Waals surface area (Å²) in [6, 6.07) is 1.20. The zero-order valence-electron chi connectivity index (χ0n) is 7.30. The van der Waals surface area contributed by atoms with Gasteiger partial charge in [-0.1, -0.05) is 23.2 Å². The summed E-state index contributed by atoms with van der Waals surface area (Å²) in [7, 11) is 0. The number of ether oxygens (including phenoxy) is 1. The predicted octanol–water partition coefficient (Wildman–Crippen LogP) is 2.29. The maximum atomic E-state index is 12.9. The highest BCUT2D eigenvalue weighted by atomic mass is 35.5. The quantitative estimate of drug-likeness (QED) is 0.824. The van der Waals surface area contributed by atoms with Crippen LogP contribution >= 0.6 is 23.2 Å². The lowest BCUT2D eigenvalue weighted by Crippen LogP contribution is -2.17. The van der Waals surface area contributed by atoms with Gasteiger partial charge in [-0.3, -0.25) is 0 Å². The van der Waals surface area contributed by atoms with Crippen molar-refractivity contribution in [2.75, 3.05) is 6.61 Å². The zero-order valence-corrected chi connectivity index (χ0v) is 8.81. The Balaban J connectivity index is 2.92. The number of halogens is 3. The second kappa shape index (κ2) is 4.77. The normalized spacial score (nSPS) is 12.6. The van der Waals surface area contributed by atoms with Crippen molar-refractivity contribution in [3.05, 3.63) is 22.1 Å². The molecule has 78 valence electrons. The first-order chi connectivity index (χ1) is 6.54. The van der Waals surface area contributed by atoms with Gasteiger partial charge in [-0.15, -0.1) is 0 Å². The molecule has 1 heterocycles. The van der Waals surface area contributed by atoms with E-state index in [2.05, 4.69) is 4.98 Å². The number of aromatic nitrogens is 1. The van der Waals surface area contributed by atoms with Crippen molar-refractivity contribution in [1.29, 1.82) is 0 Å². The molecule has 0 radical (unpaired) electrons. The maximum absolute atomic E-state index is 12.9. The zero-order chi connectivity index (χ0) is 10.7. The Hall–Kier alpha value is -0.580. The predicted molar refractivity (Wildman–Crippen MR) is 51.4 cm³/mol. The number of aliphatic hydroxyl groups excluding tert-OH is 1. The van der Waals surface area contributed by atoms with Crippen LogP contribution in [-0.2, 0) is 0 Å². The van der Waals surface area contributed by atoms with Gasteiger partial charge in [-0.25, -0.2) is 0 Å². The highest BCUT2D eigenvalue weighted by molar-refractivity contribution is 6.35. The summed E-state index contributed by atoms with van der Waals surface area (Å²) in [5.41, 5.74) is 0. The van der Waals surface area contributed by atoms with E-state index in [1.54, 1.807) is 6.92 Å². The van der Waals surface area contributed by atoms with E-state index in [9.17, 15) is 4.39 Å². The second-order valence-corrected chi connectivity index (χ2v) is 3.47. The molecule has 1 atom stereocenters. The minimum Gasteiger partial charge on any atom is -0.471 e. The van der Waals surface area contributed by atoms with Crippen LogP contribution in [0.15, 0.2) is 6.07 Å². The summed E-state index contributed by atoms with van der Waals surface area (Å²) >= 11 is 11.1. The number of nitrogens with zero attached hydrogens (tertiary/aromatic N) is 1. The molecule has 0 bridgehead atoms. The van der Waals surface area contributed by atoms with Crippen molar-refractivity contribution in [1.82, 2.24) is 4.98 Å². The Bertz CT molecular complexity index is 335. The van der Waals surface area contributed by atoms with Crippen molar-refractivity contribution in [3.63, 3.8) is 0 Å². The third kappa shape index (κ3) is 2.70. The molecule has 0 fully saturated rings. The van der Waals surface area contributed by atoms with Crippen LogP contribution < -0.4 is 4.74 Å². The van der Waals surface area contributed by atoms with E-state index < -0.39 is 12.1 Å². The average Bonchev–Trinajstić information content (AvgIpc) is 2.14. The monoisotopic (exact) mass is 239 g/mol. The van der Waals surface area contributed by atoms with E-state index in [1.807, 2.05) is 0 Å². The smallest absolute Gasteiger partial charge is 0.235 e. The van der Waals surface area contributed by atoms with Crippen molar-refractivity contribution in [2.24, 2.45) is 0 Å². The van der Waals surface area contributed by atoms with Gasteiger partial charge in [0.1, 0.15) is 11.1 Å². The van der Waals surface area contributed by atoms with Crippen LogP contribution in [0.2, 0.25) is 10.0 Å². The highest BCUT2D eigenvalue weighted by Gasteiger charge is 2.12. The van der Waals surface area contributed by atoms with Gasteiger partial charge in [0.05, 0.1) is 11.6 Å². The molecule has 0 saturated carbocycles. The van der Waals surface area contributed by atoms with Crippen molar-refractivity contribution >= 4 is 23.2 Å². The van der Waals surface area contributed by atoms with Gasteiger partial charge in [-0.05, 0) is 13.0 Å². The number of pyridine rings is 1. The van der Waals surface area contributed by atoms with Crippen LogP contribution in [0.3, 0.4) is 0 Å². The van der Waals surface area contributed by atoms with Gasteiger partial charge in [-0.2, -0.15) is 9.37 Å². The molecule has 0 aliphatic heterocycles. The summed E-state index contributed by atoms with van der Waals surface area (Å²) in [6.45, 7) is 1.40. The summed E-state index contributed by atoms with van der Waals surface area (Å²) in [6.07, 6.45) is -0.499. The van der Waals surface area contributed by atoms with Gasteiger partial charge in [0, 0.05) is 0 Å². The fourth-order valence-corrected chi connectivity index (χ4v) is 1.14. The number of aliphatic hydroxyl groups is 1. The molecule has 1 unspecified atom stereocenters. The molecule has 0 saturated heterocycles. The molecule has 6 heteroatoms. The third-order valence-electron chi connectivity index (χ3n) is 1.42. The van der Waals surface area contributed by atoms with Crippen LogP contribution in [0, 0.1) is 5.95 Å². The topological polar surface area (TPSA) is 42.4 Å². The van der Waals surface area contributed by atoms with Crippen LogP contribution in [0.25, 0.3) is 0 Å². The van der Waals surface area contributed by atoms with E-state index in [1.165, 1.54) is 6.07 Å². The van der Waals surface area contributed by atoms with Gasteiger partial charge < -0.3 is 9.84 Å². The fraction of sp³-hybridized carbons (Fsp3) is 0.375. The molecule has 0 aromatic carbocycles. The lowest BCUT2D eigenvalue weighted by molar-refractivity contribution is 0.124. The van der Waals surface area contributed by atoms with E-state index in [-0.39, 0.29) is 22.5 Å². The van der Waals surface area contributed by atoms with E-state index in [0.29, 0.717) is 0 Å². The molecule has 1 aromatic rings. The molecule has 1 aromatic heterocycles. The highest BCUT2D eigenvalue weighted by Crippen LogP contribution is 2.27. The largest absolute Gasteiger partial charge is 0.471 e. The van der Waals surface area contributed by atoms with Crippen molar-refractivity contribution in [3.8, 4) is 5.88 Å². The first-order valence-corrected chi connectivity index (χ1v) is 4.59. The average molecular weight is 240 g/mol. The Morgan fingerprint density at radius 3 is 2.79 bits per heavy atom. The summed E-state index contributed by atoms with van der Waals surface area (Å²) in [5.74, 6) is -0.925. The van der Waals surface area contributed by atoms with E-state index in [4.69, 9.17) is 33.0 Å². The lowest BCUT2D eigenvalue weighted by atomic mass is 10.4. The van der Waals surface area contributed by atoms with Crippen LogP contribution in [0.4, 0.5) is 4.39 Å². The molecule has 0 aliphatic carbocycles. The molecular weight excluding hydrogens is 232 g/mol. The summed E-state index contributed by atoms with van der Waals surface area (Å²) in [4.78, 5) is 3.40. The maximum Gasteiger partial charge on any atom is 0.235 e. The Labute approximate surface area is 90.4 Å². The van der Waals surface area contributed by atoms with Gasteiger partial charge >= 0.3 is 0 Å². The van der Waals surface area contributed by atoms with E-state index in [0.717, 1.165) is 0 Å². The molecule has 14 heavy (non-hydrogen) atoms. The van der Waals surface area contributed by atoms with E-state index >= 15 is 0 Å².